The Bertz CT molecular complexity index is 252. The van der Waals surface area contributed by atoms with Gasteiger partial charge in [0.05, 0.1) is 0 Å². The van der Waals surface area contributed by atoms with Crippen LogP contribution >= 0.6 is 0 Å². The van der Waals surface area contributed by atoms with Gasteiger partial charge in [0.15, 0.2) is 8.32 Å². The van der Waals surface area contributed by atoms with Gasteiger partial charge in [0.25, 0.3) is 0 Å². The minimum absolute atomic E-state index is 0.221. The highest BCUT2D eigenvalue weighted by Gasteiger charge is 2.38. The smallest absolute Gasteiger partial charge is 0.192 e. The fraction of sp³-hybridized carbons (Fsp3) is 0.933. The summed E-state index contributed by atoms with van der Waals surface area (Å²) in [4.78, 5) is 10.3. The van der Waals surface area contributed by atoms with Crippen LogP contribution in [0.25, 0.3) is 0 Å². The Morgan fingerprint density at radius 1 is 1.06 bits per heavy atom. The Labute approximate surface area is 115 Å². The Hall–Kier alpha value is -0.153. The van der Waals surface area contributed by atoms with Gasteiger partial charge in [-0.25, -0.2) is 0 Å². The van der Waals surface area contributed by atoms with Gasteiger partial charge < -0.3 is 9.22 Å². The Morgan fingerprint density at radius 3 is 2.06 bits per heavy atom. The van der Waals surface area contributed by atoms with Crippen molar-refractivity contribution in [2.75, 3.05) is 6.61 Å². The molecular formula is C15H32O2Si. The first kappa shape index (κ1) is 17.8. The van der Waals surface area contributed by atoms with Crippen LogP contribution < -0.4 is 0 Å². The van der Waals surface area contributed by atoms with Gasteiger partial charge in [-0.15, -0.1) is 0 Å². The normalized spacial score (nSPS) is 13.7. The summed E-state index contributed by atoms with van der Waals surface area (Å²) >= 11 is 0. The summed E-state index contributed by atoms with van der Waals surface area (Å²) in [5.74, 6) is 0. The zero-order chi connectivity index (χ0) is 14.4. The largest absolute Gasteiger partial charge is 0.416 e. The lowest BCUT2D eigenvalue weighted by atomic mass is 9.88. The molecule has 3 heteroatoms. The lowest BCUT2D eigenvalue weighted by Crippen LogP contribution is -2.43. The van der Waals surface area contributed by atoms with Crippen LogP contribution in [0.5, 0.6) is 0 Å². The number of aldehydes is 1. The molecule has 0 aromatic rings. The first-order valence-electron chi connectivity index (χ1n) is 7.09. The Balaban J connectivity index is 4.13. The van der Waals surface area contributed by atoms with E-state index >= 15 is 0 Å². The van der Waals surface area contributed by atoms with Crippen molar-refractivity contribution < 1.29 is 9.22 Å². The van der Waals surface area contributed by atoms with Crippen LogP contribution in [0, 0.1) is 5.41 Å². The first-order valence-corrected chi connectivity index (χ1v) is 10.0. The summed E-state index contributed by atoms with van der Waals surface area (Å²) in [6.07, 6.45) is 4.97. The van der Waals surface area contributed by atoms with Crippen molar-refractivity contribution in [2.45, 2.75) is 78.4 Å². The SMILES string of the molecule is CC(C)(CCCCC=O)CO[Si](C)(C)C(C)(C)C. The summed E-state index contributed by atoms with van der Waals surface area (Å²) in [5, 5.41) is 0.278. The number of carbonyl (C=O) groups is 1. The van der Waals surface area contributed by atoms with E-state index in [1.54, 1.807) is 0 Å². The fourth-order valence-corrected chi connectivity index (χ4v) is 2.68. The van der Waals surface area contributed by atoms with E-state index in [2.05, 4.69) is 47.7 Å². The quantitative estimate of drug-likeness (QED) is 0.360. The third-order valence-corrected chi connectivity index (χ3v) is 8.53. The Morgan fingerprint density at radius 2 is 1.61 bits per heavy atom. The van der Waals surface area contributed by atoms with E-state index in [9.17, 15) is 4.79 Å². The molecule has 0 atom stereocenters. The van der Waals surface area contributed by atoms with Crippen LogP contribution in [-0.2, 0) is 9.22 Å². The maximum absolute atomic E-state index is 10.3. The van der Waals surface area contributed by atoms with Gasteiger partial charge in [-0.3, -0.25) is 0 Å². The van der Waals surface area contributed by atoms with Crippen LogP contribution in [-0.4, -0.2) is 21.2 Å². The minimum atomic E-state index is -1.63. The molecule has 0 rings (SSSR count). The molecule has 0 unspecified atom stereocenters. The zero-order valence-electron chi connectivity index (χ0n) is 13.4. The highest BCUT2D eigenvalue weighted by Crippen LogP contribution is 2.38. The van der Waals surface area contributed by atoms with E-state index < -0.39 is 8.32 Å². The van der Waals surface area contributed by atoms with Crippen LogP contribution in [0.4, 0.5) is 0 Å². The van der Waals surface area contributed by atoms with Crippen molar-refractivity contribution in [3.63, 3.8) is 0 Å². The predicted octanol–water partition coefficient (Wildman–Crippen LogP) is 4.79. The second-order valence-electron chi connectivity index (χ2n) is 7.63. The summed E-state index contributed by atoms with van der Waals surface area (Å²) in [7, 11) is -1.63. The molecule has 0 aromatic heterocycles. The van der Waals surface area contributed by atoms with Crippen LogP contribution in [0.3, 0.4) is 0 Å². The van der Waals surface area contributed by atoms with Gasteiger partial charge in [-0.2, -0.15) is 0 Å². The highest BCUT2D eigenvalue weighted by molar-refractivity contribution is 6.74. The van der Waals surface area contributed by atoms with Gasteiger partial charge in [0, 0.05) is 13.0 Å². The molecular weight excluding hydrogens is 240 g/mol. The molecule has 0 radical (unpaired) electrons. The number of rotatable bonds is 8. The number of carbonyl (C=O) groups excluding carboxylic acids is 1. The lowest BCUT2D eigenvalue weighted by molar-refractivity contribution is -0.107. The van der Waals surface area contributed by atoms with Crippen molar-refractivity contribution in [1.82, 2.24) is 0 Å². The molecule has 0 aromatic carbocycles. The van der Waals surface area contributed by atoms with E-state index in [0.29, 0.717) is 6.42 Å². The molecule has 0 bridgehead atoms. The molecule has 0 saturated carbocycles. The van der Waals surface area contributed by atoms with Gasteiger partial charge in [-0.05, 0) is 36.4 Å². The van der Waals surface area contributed by atoms with Crippen molar-refractivity contribution in [1.29, 1.82) is 0 Å². The molecule has 0 aliphatic rings. The highest BCUT2D eigenvalue weighted by atomic mass is 28.4. The van der Waals surface area contributed by atoms with E-state index in [4.69, 9.17) is 4.43 Å². The third-order valence-electron chi connectivity index (χ3n) is 4.06. The lowest BCUT2D eigenvalue weighted by Gasteiger charge is -2.39. The standard InChI is InChI=1S/C15H32O2Si/c1-14(2,3)18(6,7)17-13-15(4,5)11-9-8-10-12-16/h12H,8-11,13H2,1-7H3. The molecule has 0 saturated heterocycles. The van der Waals surface area contributed by atoms with Crippen molar-refractivity contribution in [3.8, 4) is 0 Å². The van der Waals surface area contributed by atoms with Crippen molar-refractivity contribution in [2.24, 2.45) is 5.41 Å². The van der Waals surface area contributed by atoms with E-state index in [1.165, 1.54) is 0 Å². The first-order chi connectivity index (χ1) is 8.02. The second kappa shape index (κ2) is 6.85. The molecule has 0 aliphatic carbocycles. The summed E-state index contributed by atoms with van der Waals surface area (Å²) in [5.41, 5.74) is 0.221. The van der Waals surface area contributed by atoms with Crippen LogP contribution in [0.2, 0.25) is 18.1 Å². The van der Waals surface area contributed by atoms with E-state index in [0.717, 1.165) is 32.2 Å². The predicted molar refractivity (Wildman–Crippen MR) is 81.5 cm³/mol. The Kier molecular flexibility index (Phi) is 6.79. The molecule has 0 spiro atoms. The fourth-order valence-electron chi connectivity index (χ4n) is 1.50. The average Bonchev–Trinajstić information content (AvgIpc) is 2.21. The van der Waals surface area contributed by atoms with Crippen LogP contribution in [0.1, 0.15) is 60.3 Å². The molecule has 0 heterocycles. The monoisotopic (exact) mass is 272 g/mol. The number of hydrogen-bond acceptors (Lipinski definition) is 2. The molecule has 2 nitrogen and oxygen atoms in total. The van der Waals surface area contributed by atoms with Gasteiger partial charge >= 0.3 is 0 Å². The van der Waals surface area contributed by atoms with Gasteiger partial charge in [0.2, 0.25) is 0 Å². The van der Waals surface area contributed by atoms with Crippen LogP contribution in [0.15, 0.2) is 0 Å². The number of unbranched alkanes of at least 4 members (excludes halogenated alkanes) is 2. The summed E-state index contributed by atoms with van der Waals surface area (Å²) < 4.78 is 6.29. The van der Waals surface area contributed by atoms with Gasteiger partial charge in [0.1, 0.15) is 6.29 Å². The zero-order valence-corrected chi connectivity index (χ0v) is 14.4. The molecule has 0 aliphatic heterocycles. The third kappa shape index (κ3) is 6.69. The second-order valence-corrected chi connectivity index (χ2v) is 12.4. The molecule has 0 amide bonds. The maximum atomic E-state index is 10.3. The average molecular weight is 273 g/mol. The minimum Gasteiger partial charge on any atom is -0.416 e. The number of hydrogen-bond donors (Lipinski definition) is 0. The van der Waals surface area contributed by atoms with Crippen molar-refractivity contribution >= 4 is 14.6 Å². The maximum Gasteiger partial charge on any atom is 0.192 e. The summed E-state index contributed by atoms with van der Waals surface area (Å²) in [6, 6.07) is 0. The molecule has 0 fully saturated rings. The van der Waals surface area contributed by atoms with Crippen molar-refractivity contribution in [3.05, 3.63) is 0 Å². The van der Waals surface area contributed by atoms with Gasteiger partial charge in [-0.1, -0.05) is 41.0 Å². The molecule has 18 heavy (non-hydrogen) atoms. The molecule has 0 N–H and O–H groups in total. The van der Waals surface area contributed by atoms with E-state index in [-0.39, 0.29) is 10.5 Å². The summed E-state index contributed by atoms with van der Waals surface area (Å²) in [6.45, 7) is 16.8. The van der Waals surface area contributed by atoms with E-state index in [1.807, 2.05) is 0 Å². The molecule has 108 valence electrons. The topological polar surface area (TPSA) is 26.3 Å².